The zero-order valence-electron chi connectivity index (χ0n) is 10.3. The largest absolute Gasteiger partial charge is 0.375 e. The van der Waals surface area contributed by atoms with Crippen LogP contribution in [0.2, 0.25) is 0 Å². The molecule has 0 aliphatic heterocycles. The molecule has 2 N–H and O–H groups in total. The van der Waals surface area contributed by atoms with Gasteiger partial charge >= 0.3 is 0 Å². The normalized spacial score (nSPS) is 14.9. The van der Waals surface area contributed by atoms with Gasteiger partial charge in [-0.25, -0.2) is 4.98 Å². The van der Waals surface area contributed by atoms with Crippen LogP contribution in [0.5, 0.6) is 0 Å². The number of pyridine rings is 1. The SMILES string of the molecule is Nc1nc(C2CC2)c(-c2ccc3cnccc3c2)s1. The van der Waals surface area contributed by atoms with Crippen molar-refractivity contribution in [1.29, 1.82) is 0 Å². The van der Waals surface area contributed by atoms with Gasteiger partial charge in [0.15, 0.2) is 5.13 Å². The molecule has 2 aromatic heterocycles. The van der Waals surface area contributed by atoms with Gasteiger partial charge in [0.1, 0.15) is 0 Å². The molecule has 1 saturated carbocycles. The fourth-order valence-corrected chi connectivity index (χ4v) is 3.33. The predicted octanol–water partition coefficient (Wildman–Crippen LogP) is 3.82. The lowest BCUT2D eigenvalue weighted by Gasteiger charge is -2.03. The van der Waals surface area contributed by atoms with E-state index in [1.165, 1.54) is 34.4 Å². The Morgan fingerprint density at radius 3 is 2.89 bits per heavy atom. The van der Waals surface area contributed by atoms with Crippen LogP contribution in [-0.2, 0) is 0 Å². The Bertz CT molecular complexity index is 759. The van der Waals surface area contributed by atoms with Gasteiger partial charge < -0.3 is 5.73 Å². The number of fused-ring (bicyclic) bond motifs is 1. The molecule has 0 amide bonds. The molecule has 1 fully saturated rings. The van der Waals surface area contributed by atoms with E-state index in [0.717, 1.165) is 5.39 Å². The second-order valence-electron chi connectivity index (χ2n) is 4.98. The lowest BCUT2D eigenvalue weighted by atomic mass is 10.1. The van der Waals surface area contributed by atoms with Crippen LogP contribution in [0, 0.1) is 0 Å². The third kappa shape index (κ3) is 1.88. The summed E-state index contributed by atoms with van der Waals surface area (Å²) in [5.74, 6) is 0.622. The van der Waals surface area contributed by atoms with Crippen molar-refractivity contribution >= 4 is 27.2 Å². The van der Waals surface area contributed by atoms with Crippen molar-refractivity contribution in [3.8, 4) is 10.4 Å². The molecular formula is C15H13N3S. The Morgan fingerprint density at radius 1 is 1.16 bits per heavy atom. The van der Waals surface area contributed by atoms with Gasteiger partial charge in [0, 0.05) is 23.7 Å². The van der Waals surface area contributed by atoms with E-state index in [-0.39, 0.29) is 0 Å². The molecule has 94 valence electrons. The maximum Gasteiger partial charge on any atom is 0.180 e. The first kappa shape index (κ1) is 10.9. The number of benzene rings is 1. The molecule has 1 aliphatic rings. The lowest BCUT2D eigenvalue weighted by molar-refractivity contribution is 1.06. The van der Waals surface area contributed by atoms with Crippen molar-refractivity contribution in [2.24, 2.45) is 0 Å². The van der Waals surface area contributed by atoms with Crippen molar-refractivity contribution < 1.29 is 0 Å². The highest BCUT2D eigenvalue weighted by Gasteiger charge is 2.29. The Morgan fingerprint density at radius 2 is 2.05 bits per heavy atom. The number of thiazole rings is 1. The number of rotatable bonds is 2. The van der Waals surface area contributed by atoms with Gasteiger partial charge in [-0.1, -0.05) is 23.5 Å². The van der Waals surface area contributed by atoms with Crippen molar-refractivity contribution in [3.05, 3.63) is 42.4 Å². The van der Waals surface area contributed by atoms with Crippen LogP contribution in [0.15, 0.2) is 36.7 Å². The second kappa shape index (κ2) is 4.03. The molecule has 3 nitrogen and oxygen atoms in total. The zero-order chi connectivity index (χ0) is 12.8. The highest BCUT2D eigenvalue weighted by molar-refractivity contribution is 7.18. The third-order valence-corrected chi connectivity index (χ3v) is 4.49. The first-order chi connectivity index (χ1) is 9.31. The minimum Gasteiger partial charge on any atom is -0.375 e. The first-order valence-corrected chi connectivity index (χ1v) is 7.23. The smallest absolute Gasteiger partial charge is 0.180 e. The maximum absolute atomic E-state index is 5.89. The van der Waals surface area contributed by atoms with Gasteiger partial charge in [0.25, 0.3) is 0 Å². The highest BCUT2D eigenvalue weighted by atomic mass is 32.1. The summed E-state index contributed by atoms with van der Waals surface area (Å²) in [6, 6.07) is 8.50. The Labute approximate surface area is 115 Å². The highest BCUT2D eigenvalue weighted by Crippen LogP contribution is 2.46. The molecule has 0 unspecified atom stereocenters. The average molecular weight is 267 g/mol. The summed E-state index contributed by atoms with van der Waals surface area (Å²) in [4.78, 5) is 9.89. The number of hydrogen-bond donors (Lipinski definition) is 1. The first-order valence-electron chi connectivity index (χ1n) is 6.41. The summed E-state index contributed by atoms with van der Waals surface area (Å²) in [6.45, 7) is 0. The van der Waals surface area contributed by atoms with Crippen molar-refractivity contribution in [2.45, 2.75) is 18.8 Å². The monoisotopic (exact) mass is 267 g/mol. The molecule has 1 aliphatic carbocycles. The van der Waals surface area contributed by atoms with E-state index in [9.17, 15) is 0 Å². The Balaban J connectivity index is 1.89. The van der Waals surface area contributed by atoms with Crippen molar-refractivity contribution in [2.75, 3.05) is 5.73 Å². The van der Waals surface area contributed by atoms with E-state index in [1.54, 1.807) is 11.3 Å². The molecule has 3 aromatic rings. The number of hydrogen-bond acceptors (Lipinski definition) is 4. The molecule has 0 atom stereocenters. The zero-order valence-corrected chi connectivity index (χ0v) is 11.2. The Hall–Kier alpha value is -1.94. The quantitative estimate of drug-likeness (QED) is 0.768. The van der Waals surface area contributed by atoms with Gasteiger partial charge in [-0.2, -0.15) is 0 Å². The summed E-state index contributed by atoms with van der Waals surface area (Å²) in [5.41, 5.74) is 8.30. The van der Waals surface area contributed by atoms with E-state index in [4.69, 9.17) is 5.73 Å². The Kier molecular flexibility index (Phi) is 2.32. The van der Waals surface area contributed by atoms with E-state index >= 15 is 0 Å². The number of nitrogen functional groups attached to an aromatic ring is 1. The fraction of sp³-hybridized carbons (Fsp3) is 0.200. The number of aromatic nitrogens is 2. The maximum atomic E-state index is 5.89. The second-order valence-corrected chi connectivity index (χ2v) is 6.01. The molecule has 19 heavy (non-hydrogen) atoms. The van der Waals surface area contributed by atoms with Crippen LogP contribution in [0.3, 0.4) is 0 Å². The van der Waals surface area contributed by atoms with E-state index in [1.807, 2.05) is 18.5 Å². The molecule has 0 radical (unpaired) electrons. The van der Waals surface area contributed by atoms with Crippen molar-refractivity contribution in [1.82, 2.24) is 9.97 Å². The van der Waals surface area contributed by atoms with Crippen LogP contribution in [0.1, 0.15) is 24.5 Å². The molecule has 0 spiro atoms. The molecule has 0 saturated heterocycles. The minimum absolute atomic E-state index is 0.622. The van der Waals surface area contributed by atoms with E-state index < -0.39 is 0 Å². The molecule has 4 rings (SSSR count). The minimum atomic E-state index is 0.622. The van der Waals surface area contributed by atoms with Crippen LogP contribution in [-0.4, -0.2) is 9.97 Å². The standard InChI is InChI=1S/C15H13N3S/c16-15-18-13(9-1-2-9)14(19-15)11-3-4-12-8-17-6-5-10(12)7-11/h3-9H,1-2H2,(H2,16,18). The predicted molar refractivity (Wildman–Crippen MR) is 79.2 cm³/mol. The van der Waals surface area contributed by atoms with Crippen LogP contribution in [0.25, 0.3) is 21.2 Å². The molecule has 4 heteroatoms. The molecule has 2 heterocycles. The summed E-state index contributed by atoms with van der Waals surface area (Å²) >= 11 is 1.60. The summed E-state index contributed by atoms with van der Waals surface area (Å²) in [7, 11) is 0. The van der Waals surface area contributed by atoms with E-state index in [0.29, 0.717) is 11.0 Å². The summed E-state index contributed by atoms with van der Waals surface area (Å²) in [5, 5.41) is 3.05. The lowest BCUT2D eigenvalue weighted by Crippen LogP contribution is -1.86. The number of nitrogens with two attached hydrogens (primary N) is 1. The third-order valence-electron chi connectivity index (χ3n) is 3.54. The summed E-state index contributed by atoms with van der Waals surface area (Å²) < 4.78 is 0. The van der Waals surface area contributed by atoms with E-state index in [2.05, 4.69) is 28.2 Å². The topological polar surface area (TPSA) is 51.8 Å². The van der Waals surface area contributed by atoms with Gasteiger partial charge in [-0.05, 0) is 35.9 Å². The fourth-order valence-electron chi connectivity index (χ4n) is 2.41. The van der Waals surface area contributed by atoms with Gasteiger partial charge in [-0.3, -0.25) is 4.98 Å². The van der Waals surface area contributed by atoms with Crippen molar-refractivity contribution in [3.63, 3.8) is 0 Å². The van der Waals surface area contributed by atoms with Crippen LogP contribution in [0.4, 0.5) is 5.13 Å². The van der Waals surface area contributed by atoms with Gasteiger partial charge in [-0.15, -0.1) is 0 Å². The average Bonchev–Trinajstić information content (AvgIpc) is 3.21. The molecular weight excluding hydrogens is 254 g/mol. The van der Waals surface area contributed by atoms with Crippen LogP contribution < -0.4 is 5.73 Å². The van der Waals surface area contributed by atoms with Crippen LogP contribution >= 0.6 is 11.3 Å². The molecule has 1 aromatic carbocycles. The van der Waals surface area contributed by atoms with Gasteiger partial charge in [0.2, 0.25) is 0 Å². The number of anilines is 1. The van der Waals surface area contributed by atoms with Gasteiger partial charge in [0.05, 0.1) is 10.6 Å². The number of nitrogens with zero attached hydrogens (tertiary/aromatic N) is 2. The summed E-state index contributed by atoms with van der Waals surface area (Å²) in [6.07, 6.45) is 6.21. The molecule has 0 bridgehead atoms.